The van der Waals surface area contributed by atoms with Gasteiger partial charge in [0, 0.05) is 16.0 Å². The maximum absolute atomic E-state index is 6.03. The molecule has 0 saturated carbocycles. The van der Waals surface area contributed by atoms with E-state index in [1.165, 1.54) is 11.1 Å². The average Bonchev–Trinajstić information content (AvgIpc) is 2.83. The number of hydrogen-bond donors (Lipinski definition) is 1. The van der Waals surface area contributed by atoms with Gasteiger partial charge in [0.05, 0.1) is 5.56 Å². The number of halogens is 1. The van der Waals surface area contributed by atoms with Crippen LogP contribution in [0.5, 0.6) is 0 Å². The van der Waals surface area contributed by atoms with Crippen molar-refractivity contribution in [2.75, 3.05) is 5.73 Å². The highest BCUT2D eigenvalue weighted by molar-refractivity contribution is 9.10. The quantitative estimate of drug-likeness (QED) is 0.753. The van der Waals surface area contributed by atoms with Crippen LogP contribution >= 0.6 is 15.9 Å². The van der Waals surface area contributed by atoms with Crippen LogP contribution in [-0.4, -0.2) is 5.16 Å². The summed E-state index contributed by atoms with van der Waals surface area (Å²) in [5.41, 5.74) is 11.6. The fourth-order valence-electron chi connectivity index (χ4n) is 2.99. The van der Waals surface area contributed by atoms with Gasteiger partial charge in [0.1, 0.15) is 5.69 Å². The van der Waals surface area contributed by atoms with Crippen LogP contribution < -0.4 is 5.73 Å². The van der Waals surface area contributed by atoms with Crippen LogP contribution in [0.1, 0.15) is 22.7 Å². The van der Waals surface area contributed by atoms with Gasteiger partial charge < -0.3 is 10.3 Å². The van der Waals surface area contributed by atoms with Crippen LogP contribution in [-0.2, 0) is 6.42 Å². The Morgan fingerprint density at radius 2 is 1.86 bits per heavy atom. The number of benzene rings is 2. The lowest BCUT2D eigenvalue weighted by atomic mass is 9.74. The minimum atomic E-state index is 0.268. The zero-order valence-corrected chi connectivity index (χ0v) is 12.8. The van der Waals surface area contributed by atoms with E-state index in [0.717, 1.165) is 27.7 Å². The van der Waals surface area contributed by atoms with Crippen LogP contribution in [0.2, 0.25) is 0 Å². The number of nitrogens with two attached hydrogens (primary N) is 1. The van der Waals surface area contributed by atoms with E-state index in [0.29, 0.717) is 5.88 Å². The molecule has 1 aromatic heterocycles. The molecular weight excluding hydrogens is 328 g/mol. The number of anilines is 1. The van der Waals surface area contributed by atoms with E-state index in [2.05, 4.69) is 45.4 Å². The van der Waals surface area contributed by atoms with Crippen LogP contribution in [0.15, 0.2) is 57.5 Å². The molecule has 104 valence electrons. The third-order valence-electron chi connectivity index (χ3n) is 4.07. The Morgan fingerprint density at radius 1 is 1.10 bits per heavy atom. The van der Waals surface area contributed by atoms with Gasteiger partial charge in [-0.05, 0) is 23.6 Å². The number of hydrogen-bond acceptors (Lipinski definition) is 3. The molecule has 0 aliphatic heterocycles. The van der Waals surface area contributed by atoms with Crippen molar-refractivity contribution in [1.29, 1.82) is 0 Å². The number of fused-ring (bicyclic) bond motifs is 1. The van der Waals surface area contributed by atoms with Gasteiger partial charge in [-0.2, -0.15) is 0 Å². The molecule has 4 rings (SSSR count). The van der Waals surface area contributed by atoms with Gasteiger partial charge in [-0.15, -0.1) is 0 Å². The van der Waals surface area contributed by atoms with Crippen molar-refractivity contribution in [3.63, 3.8) is 0 Å². The van der Waals surface area contributed by atoms with E-state index in [-0.39, 0.29) is 5.92 Å². The molecule has 0 amide bonds. The van der Waals surface area contributed by atoms with Crippen LogP contribution in [0.25, 0.3) is 11.1 Å². The summed E-state index contributed by atoms with van der Waals surface area (Å²) in [6.07, 6.45) is 0.986. The maximum Gasteiger partial charge on any atom is 0.230 e. The fourth-order valence-corrected chi connectivity index (χ4v) is 3.47. The second kappa shape index (κ2) is 4.74. The first-order chi connectivity index (χ1) is 10.3. The topological polar surface area (TPSA) is 52.0 Å². The highest BCUT2D eigenvalue weighted by Crippen LogP contribution is 2.45. The van der Waals surface area contributed by atoms with E-state index >= 15 is 0 Å². The molecule has 0 saturated heterocycles. The van der Waals surface area contributed by atoms with E-state index in [1.807, 2.05) is 24.3 Å². The van der Waals surface area contributed by atoms with Crippen molar-refractivity contribution >= 4 is 21.8 Å². The Morgan fingerprint density at radius 3 is 2.67 bits per heavy atom. The molecule has 1 aliphatic carbocycles. The molecule has 3 nitrogen and oxygen atoms in total. The van der Waals surface area contributed by atoms with Crippen LogP contribution in [0, 0.1) is 0 Å². The number of nitrogens with zero attached hydrogens (tertiary/aromatic N) is 1. The first-order valence-electron chi connectivity index (χ1n) is 6.83. The minimum Gasteiger partial charge on any atom is -0.367 e. The predicted octanol–water partition coefficient (Wildman–Crippen LogP) is 4.37. The van der Waals surface area contributed by atoms with Crippen LogP contribution in [0.4, 0.5) is 5.88 Å². The smallest absolute Gasteiger partial charge is 0.230 e. The highest BCUT2D eigenvalue weighted by atomic mass is 79.9. The molecular formula is C17H13BrN2O. The van der Waals surface area contributed by atoms with Gasteiger partial charge in [0.25, 0.3) is 0 Å². The Hall–Kier alpha value is -2.07. The van der Waals surface area contributed by atoms with E-state index in [9.17, 15) is 0 Å². The van der Waals surface area contributed by atoms with Crippen molar-refractivity contribution in [3.8, 4) is 11.1 Å². The predicted molar refractivity (Wildman–Crippen MR) is 86.0 cm³/mol. The second-order valence-corrected chi connectivity index (χ2v) is 6.10. The first-order valence-corrected chi connectivity index (χ1v) is 7.62. The largest absolute Gasteiger partial charge is 0.367 e. The second-order valence-electron chi connectivity index (χ2n) is 5.24. The molecule has 1 heterocycles. The molecule has 2 N–H and O–H groups in total. The molecule has 4 heteroatoms. The Kier molecular flexibility index (Phi) is 2.86. The van der Waals surface area contributed by atoms with Gasteiger partial charge in [0.15, 0.2) is 0 Å². The standard InChI is InChI=1S/C17H13BrN2O/c18-14-8-4-3-7-12(14)15-16(20-21-17(15)19)13-9-10-5-1-2-6-11(10)13/h1-8,13H,9,19H2. The van der Waals surface area contributed by atoms with Gasteiger partial charge in [-0.3, -0.25) is 0 Å². The zero-order chi connectivity index (χ0) is 14.4. The summed E-state index contributed by atoms with van der Waals surface area (Å²) >= 11 is 3.58. The zero-order valence-electron chi connectivity index (χ0n) is 11.2. The molecule has 0 radical (unpaired) electrons. The molecule has 0 spiro atoms. The third-order valence-corrected chi connectivity index (χ3v) is 4.76. The average molecular weight is 341 g/mol. The summed E-state index contributed by atoms with van der Waals surface area (Å²) in [4.78, 5) is 0. The number of aromatic nitrogens is 1. The SMILES string of the molecule is Nc1onc(C2Cc3ccccc32)c1-c1ccccc1Br. The molecule has 1 unspecified atom stereocenters. The minimum absolute atomic E-state index is 0.268. The summed E-state index contributed by atoms with van der Waals surface area (Å²) in [5.74, 6) is 0.644. The lowest BCUT2D eigenvalue weighted by molar-refractivity contribution is 0.420. The normalized spacial score (nSPS) is 16.3. The molecule has 0 fully saturated rings. The molecule has 0 bridgehead atoms. The molecule has 1 atom stereocenters. The Labute approximate surface area is 130 Å². The van der Waals surface area contributed by atoms with E-state index in [1.54, 1.807) is 0 Å². The van der Waals surface area contributed by atoms with Crippen molar-refractivity contribution in [2.24, 2.45) is 0 Å². The molecule has 21 heavy (non-hydrogen) atoms. The van der Waals surface area contributed by atoms with Gasteiger partial charge >= 0.3 is 0 Å². The lowest BCUT2D eigenvalue weighted by Crippen LogP contribution is -2.19. The van der Waals surface area contributed by atoms with E-state index in [4.69, 9.17) is 10.3 Å². The van der Waals surface area contributed by atoms with Crippen molar-refractivity contribution < 1.29 is 4.52 Å². The van der Waals surface area contributed by atoms with Gasteiger partial charge in [-0.25, -0.2) is 0 Å². The van der Waals surface area contributed by atoms with Crippen LogP contribution in [0.3, 0.4) is 0 Å². The van der Waals surface area contributed by atoms with Crippen molar-refractivity contribution in [3.05, 3.63) is 69.8 Å². The van der Waals surface area contributed by atoms with Crippen molar-refractivity contribution in [1.82, 2.24) is 5.16 Å². The first kappa shape index (κ1) is 12.7. The van der Waals surface area contributed by atoms with Gasteiger partial charge in [0.2, 0.25) is 5.88 Å². The monoisotopic (exact) mass is 340 g/mol. The van der Waals surface area contributed by atoms with E-state index < -0.39 is 0 Å². The summed E-state index contributed by atoms with van der Waals surface area (Å²) in [6, 6.07) is 16.4. The highest BCUT2D eigenvalue weighted by Gasteiger charge is 2.33. The van der Waals surface area contributed by atoms with Crippen molar-refractivity contribution in [2.45, 2.75) is 12.3 Å². The third kappa shape index (κ3) is 1.90. The Bertz CT molecular complexity index is 825. The molecule has 3 aromatic rings. The number of nitrogen functional groups attached to an aromatic ring is 1. The lowest BCUT2D eigenvalue weighted by Gasteiger charge is -2.29. The summed E-state index contributed by atoms with van der Waals surface area (Å²) in [5, 5.41) is 4.23. The Balaban J connectivity index is 1.85. The number of rotatable bonds is 2. The summed E-state index contributed by atoms with van der Waals surface area (Å²) in [7, 11) is 0. The fraction of sp³-hybridized carbons (Fsp3) is 0.118. The summed E-state index contributed by atoms with van der Waals surface area (Å²) in [6.45, 7) is 0. The maximum atomic E-state index is 6.03. The molecule has 2 aromatic carbocycles. The molecule has 1 aliphatic rings. The summed E-state index contributed by atoms with van der Waals surface area (Å²) < 4.78 is 6.28. The van der Waals surface area contributed by atoms with Gasteiger partial charge in [-0.1, -0.05) is 63.6 Å².